The Balaban J connectivity index is 1.87. The number of nitrogens with zero attached hydrogens (tertiary/aromatic N) is 1. The lowest BCUT2D eigenvalue weighted by molar-refractivity contribution is 0.102. The summed E-state index contributed by atoms with van der Waals surface area (Å²) in [6, 6.07) is 14.3. The first-order valence-corrected chi connectivity index (χ1v) is 10.2. The molecule has 0 aliphatic rings. The van der Waals surface area contributed by atoms with E-state index in [1.807, 2.05) is 18.4 Å². The van der Waals surface area contributed by atoms with Crippen LogP contribution >= 0.6 is 0 Å². The largest absolute Gasteiger partial charge is 0.322 e. The van der Waals surface area contributed by atoms with Gasteiger partial charge in [0.2, 0.25) is 10.0 Å². The average Bonchev–Trinajstić information content (AvgIpc) is 2.89. The van der Waals surface area contributed by atoms with Crippen LogP contribution in [0.15, 0.2) is 54.6 Å². The van der Waals surface area contributed by atoms with Crippen molar-refractivity contribution in [1.29, 1.82) is 0 Å². The Hall–Kier alpha value is -2.97. The molecule has 0 fully saturated rings. The van der Waals surface area contributed by atoms with Crippen LogP contribution in [-0.4, -0.2) is 18.9 Å². The molecule has 1 amide bonds. The highest BCUT2D eigenvalue weighted by atomic mass is 32.2. The van der Waals surface area contributed by atoms with Gasteiger partial charge >= 0.3 is 0 Å². The zero-order valence-electron chi connectivity index (χ0n) is 15.4. The summed E-state index contributed by atoms with van der Waals surface area (Å²) in [4.78, 5) is 12.8. The second kappa shape index (κ2) is 7.57. The van der Waals surface area contributed by atoms with Crippen molar-refractivity contribution in [2.75, 3.05) is 5.32 Å². The van der Waals surface area contributed by atoms with E-state index in [-0.39, 0.29) is 17.5 Å². The zero-order valence-corrected chi connectivity index (χ0v) is 16.3. The van der Waals surface area contributed by atoms with E-state index in [4.69, 9.17) is 5.14 Å². The molecule has 0 aliphatic heterocycles. The molecule has 0 spiro atoms. The van der Waals surface area contributed by atoms with Gasteiger partial charge in [-0.2, -0.15) is 0 Å². The lowest BCUT2D eigenvalue weighted by Crippen LogP contribution is -2.15. The normalized spacial score (nSPS) is 11.4. The summed E-state index contributed by atoms with van der Waals surface area (Å²) in [5, 5.41) is 7.85. The van der Waals surface area contributed by atoms with Gasteiger partial charge in [0.05, 0.1) is 11.3 Å². The minimum atomic E-state index is -3.66. The maximum absolute atomic E-state index is 13.2. The monoisotopic (exact) mass is 401 g/mol. The lowest BCUT2D eigenvalue weighted by atomic mass is 10.2. The van der Waals surface area contributed by atoms with Crippen LogP contribution in [-0.2, 0) is 15.8 Å². The number of carbonyl (C=O) groups is 1. The number of halogens is 1. The molecule has 0 atom stereocenters. The third-order valence-corrected chi connectivity index (χ3v) is 5.05. The van der Waals surface area contributed by atoms with Gasteiger partial charge in [-0.3, -0.25) is 4.79 Å². The molecule has 0 radical (unpaired) electrons. The Morgan fingerprint density at radius 2 is 1.79 bits per heavy atom. The first-order valence-electron chi connectivity index (χ1n) is 8.50. The second-order valence-electron chi connectivity index (χ2n) is 6.56. The summed E-state index contributed by atoms with van der Waals surface area (Å²) in [5.74, 6) is -0.965. The number of nitrogens with two attached hydrogens (primary N) is 1. The molecular weight excluding hydrogens is 381 g/mol. The summed E-state index contributed by atoms with van der Waals surface area (Å²) >= 11 is 0. The van der Waals surface area contributed by atoms with Crippen molar-refractivity contribution in [2.24, 2.45) is 5.14 Å². The Bertz CT molecular complexity index is 1140. The molecule has 2 aromatic carbocycles. The molecule has 3 N–H and O–H groups in total. The maximum Gasteiger partial charge on any atom is 0.257 e. The van der Waals surface area contributed by atoms with Crippen LogP contribution in [0.2, 0.25) is 0 Å². The molecule has 0 aliphatic carbocycles. The summed E-state index contributed by atoms with van der Waals surface area (Å²) in [6.07, 6.45) is 0. The third kappa shape index (κ3) is 4.47. The number of nitrogens with one attached hydrogen (secondary N) is 1. The molecule has 28 heavy (non-hydrogen) atoms. The van der Waals surface area contributed by atoms with Gasteiger partial charge < -0.3 is 9.88 Å². The van der Waals surface area contributed by atoms with E-state index in [0.29, 0.717) is 22.5 Å². The average molecular weight is 401 g/mol. The zero-order chi connectivity index (χ0) is 20.5. The highest BCUT2D eigenvalue weighted by molar-refractivity contribution is 7.88. The van der Waals surface area contributed by atoms with Gasteiger partial charge in [0.15, 0.2) is 0 Å². The van der Waals surface area contributed by atoms with Crippen molar-refractivity contribution in [3.8, 4) is 5.69 Å². The fraction of sp³-hybridized carbons (Fsp3) is 0.150. The maximum atomic E-state index is 13.2. The lowest BCUT2D eigenvalue weighted by Gasteiger charge is -2.10. The van der Waals surface area contributed by atoms with Gasteiger partial charge in [-0.25, -0.2) is 17.9 Å². The van der Waals surface area contributed by atoms with E-state index in [0.717, 1.165) is 11.4 Å². The Labute approximate surface area is 162 Å². The van der Waals surface area contributed by atoms with Crippen molar-refractivity contribution in [3.63, 3.8) is 0 Å². The molecule has 1 aromatic heterocycles. The van der Waals surface area contributed by atoms with Crippen molar-refractivity contribution in [1.82, 2.24) is 4.57 Å². The first-order chi connectivity index (χ1) is 13.1. The van der Waals surface area contributed by atoms with Crippen LogP contribution in [0, 0.1) is 19.7 Å². The predicted octanol–water partition coefficient (Wildman–Crippen LogP) is 3.27. The number of primary sulfonamides is 1. The predicted molar refractivity (Wildman–Crippen MR) is 106 cm³/mol. The van der Waals surface area contributed by atoms with Crippen LogP contribution < -0.4 is 10.5 Å². The summed E-state index contributed by atoms with van der Waals surface area (Å²) < 4.78 is 37.6. The van der Waals surface area contributed by atoms with Gasteiger partial charge in [-0.15, -0.1) is 0 Å². The number of aryl methyl sites for hydroxylation is 1. The number of aromatic nitrogens is 1. The van der Waals surface area contributed by atoms with Gasteiger partial charge in [-0.1, -0.05) is 12.1 Å². The van der Waals surface area contributed by atoms with E-state index in [1.165, 1.54) is 12.1 Å². The van der Waals surface area contributed by atoms with Gasteiger partial charge in [-0.05, 0) is 61.9 Å². The van der Waals surface area contributed by atoms with Crippen LogP contribution in [0.4, 0.5) is 10.1 Å². The number of hydrogen-bond acceptors (Lipinski definition) is 3. The number of carbonyl (C=O) groups excluding carboxylic acids is 1. The number of benzene rings is 2. The summed E-state index contributed by atoms with van der Waals surface area (Å²) in [7, 11) is -3.66. The molecule has 8 heteroatoms. The summed E-state index contributed by atoms with van der Waals surface area (Å²) in [6.45, 7) is 3.67. The SMILES string of the molecule is Cc1cc(C(=O)Nc2cccc(CS(N)(=O)=O)c2)c(C)n1-c1ccc(F)cc1. The van der Waals surface area contributed by atoms with Crippen LogP contribution in [0.1, 0.15) is 27.3 Å². The van der Waals surface area contributed by atoms with Crippen LogP contribution in [0.5, 0.6) is 0 Å². The summed E-state index contributed by atoms with van der Waals surface area (Å²) in [5.41, 5.74) is 3.72. The smallest absolute Gasteiger partial charge is 0.257 e. The molecule has 146 valence electrons. The van der Waals surface area contributed by atoms with Crippen molar-refractivity contribution in [3.05, 3.63) is 82.9 Å². The van der Waals surface area contributed by atoms with Crippen molar-refractivity contribution < 1.29 is 17.6 Å². The first kappa shape index (κ1) is 19.8. The van der Waals surface area contributed by atoms with Crippen LogP contribution in [0.3, 0.4) is 0 Å². The fourth-order valence-electron chi connectivity index (χ4n) is 3.15. The van der Waals surface area contributed by atoms with Crippen molar-refractivity contribution >= 4 is 21.6 Å². The third-order valence-electron chi connectivity index (χ3n) is 4.31. The highest BCUT2D eigenvalue weighted by Gasteiger charge is 2.17. The number of amides is 1. The topological polar surface area (TPSA) is 94.2 Å². The number of anilines is 1. The van der Waals surface area contributed by atoms with Crippen LogP contribution in [0.25, 0.3) is 5.69 Å². The van der Waals surface area contributed by atoms with E-state index >= 15 is 0 Å². The molecule has 0 saturated carbocycles. The van der Waals surface area contributed by atoms with Gasteiger partial charge in [0.25, 0.3) is 5.91 Å². The second-order valence-corrected chi connectivity index (χ2v) is 8.17. The minimum absolute atomic E-state index is 0.310. The standard InChI is InChI=1S/C20H20FN3O3S/c1-13-10-19(14(2)24(13)18-8-6-16(21)7-9-18)20(25)23-17-5-3-4-15(11-17)12-28(22,26)27/h3-11H,12H2,1-2H3,(H,23,25)(H2,22,26,27). The highest BCUT2D eigenvalue weighted by Crippen LogP contribution is 2.22. The number of hydrogen-bond donors (Lipinski definition) is 2. The number of rotatable bonds is 5. The van der Waals surface area contributed by atoms with E-state index in [9.17, 15) is 17.6 Å². The minimum Gasteiger partial charge on any atom is -0.322 e. The number of sulfonamides is 1. The molecule has 6 nitrogen and oxygen atoms in total. The molecule has 0 unspecified atom stereocenters. The van der Waals surface area contributed by atoms with E-state index in [2.05, 4.69) is 5.32 Å². The molecule has 3 rings (SSSR count). The van der Waals surface area contributed by atoms with Crippen molar-refractivity contribution in [2.45, 2.75) is 19.6 Å². The molecular formula is C20H20FN3O3S. The molecule has 1 heterocycles. The molecule has 0 saturated heterocycles. The van der Waals surface area contributed by atoms with E-state index < -0.39 is 10.0 Å². The Morgan fingerprint density at radius 1 is 1.11 bits per heavy atom. The Kier molecular flexibility index (Phi) is 5.35. The van der Waals surface area contributed by atoms with Gasteiger partial charge in [0, 0.05) is 22.8 Å². The quantitative estimate of drug-likeness (QED) is 0.687. The fourth-order valence-corrected chi connectivity index (χ4v) is 3.79. The molecule has 0 bridgehead atoms. The van der Waals surface area contributed by atoms with Gasteiger partial charge in [0.1, 0.15) is 5.82 Å². The molecule has 3 aromatic rings. The Morgan fingerprint density at radius 3 is 2.43 bits per heavy atom. The van der Waals surface area contributed by atoms with E-state index in [1.54, 1.807) is 42.5 Å².